The predicted octanol–water partition coefficient (Wildman–Crippen LogP) is -1.08. The number of nitrogens with zero attached hydrogens (tertiary/aromatic N) is 3. The molecule has 0 aliphatic heterocycles. The predicted molar refractivity (Wildman–Crippen MR) is 67.0 cm³/mol. The number of hydrogen-bond donors (Lipinski definition) is 2. The van der Waals surface area contributed by atoms with Crippen LogP contribution in [0.15, 0.2) is 21.7 Å². The molecule has 1 aromatic heterocycles. The lowest BCUT2D eigenvalue weighted by Gasteiger charge is -2.13. The van der Waals surface area contributed by atoms with Gasteiger partial charge in [-0.3, -0.25) is 14.2 Å². The van der Waals surface area contributed by atoms with E-state index < -0.39 is 23.1 Å². The van der Waals surface area contributed by atoms with E-state index in [9.17, 15) is 14.4 Å². The van der Waals surface area contributed by atoms with Gasteiger partial charge in [0.05, 0.1) is 5.92 Å². The summed E-state index contributed by atoms with van der Waals surface area (Å²) in [4.78, 5) is 34.1. The number of aliphatic carboxylic acids is 1. The molecule has 1 aliphatic rings. The first-order valence-corrected chi connectivity index (χ1v) is 5.72. The van der Waals surface area contributed by atoms with Gasteiger partial charge in [-0.05, 0) is 6.42 Å². The Bertz CT molecular complexity index is 658. The Kier molecular flexibility index (Phi) is 3.24. The van der Waals surface area contributed by atoms with Gasteiger partial charge in [0.15, 0.2) is 0 Å². The van der Waals surface area contributed by atoms with Crippen LogP contribution in [0.1, 0.15) is 6.42 Å². The molecule has 8 nitrogen and oxygen atoms in total. The van der Waals surface area contributed by atoms with Crippen LogP contribution in [0.4, 0.5) is 5.82 Å². The fourth-order valence-electron chi connectivity index (χ4n) is 1.95. The first-order valence-electron chi connectivity index (χ1n) is 5.72. The van der Waals surface area contributed by atoms with Crippen LogP contribution >= 0.6 is 0 Å². The van der Waals surface area contributed by atoms with Gasteiger partial charge in [0.1, 0.15) is 0 Å². The van der Waals surface area contributed by atoms with E-state index in [4.69, 9.17) is 5.11 Å². The largest absolute Gasteiger partial charge is 0.481 e. The fourth-order valence-corrected chi connectivity index (χ4v) is 1.95. The third-order valence-corrected chi connectivity index (χ3v) is 3.04. The van der Waals surface area contributed by atoms with Gasteiger partial charge >= 0.3 is 11.7 Å². The summed E-state index contributed by atoms with van der Waals surface area (Å²) >= 11 is 0. The molecule has 0 fully saturated rings. The Labute approximate surface area is 108 Å². The van der Waals surface area contributed by atoms with Crippen molar-refractivity contribution in [1.29, 1.82) is 0 Å². The summed E-state index contributed by atoms with van der Waals surface area (Å²) < 4.78 is 2.00. The average Bonchev–Trinajstić information content (AvgIpc) is 2.82. The Morgan fingerprint density at radius 3 is 2.68 bits per heavy atom. The normalized spacial score (nSPS) is 21.6. The summed E-state index contributed by atoms with van der Waals surface area (Å²) in [5, 5.41) is 15.6. The maximum absolute atomic E-state index is 11.8. The number of rotatable bonds is 3. The lowest BCUT2D eigenvalue weighted by molar-refractivity contribution is -0.140. The molecule has 2 rings (SSSR count). The molecular weight excluding hydrogens is 252 g/mol. The van der Waals surface area contributed by atoms with Gasteiger partial charge in [-0.25, -0.2) is 9.48 Å². The van der Waals surface area contributed by atoms with E-state index in [0.717, 1.165) is 9.25 Å². The van der Waals surface area contributed by atoms with Crippen molar-refractivity contribution in [3.05, 3.63) is 33.0 Å². The van der Waals surface area contributed by atoms with Crippen molar-refractivity contribution < 1.29 is 9.90 Å². The number of nitrogens with one attached hydrogen (secondary N) is 1. The van der Waals surface area contributed by atoms with Crippen LogP contribution in [-0.2, 0) is 18.9 Å². The molecule has 0 bridgehead atoms. The van der Waals surface area contributed by atoms with Crippen molar-refractivity contribution in [2.75, 3.05) is 5.32 Å². The molecule has 1 aromatic rings. The molecule has 2 unspecified atom stereocenters. The van der Waals surface area contributed by atoms with Crippen LogP contribution in [0.2, 0.25) is 0 Å². The fraction of sp³-hybridized carbons (Fsp3) is 0.455. The lowest BCUT2D eigenvalue weighted by Crippen LogP contribution is -2.40. The molecule has 0 saturated heterocycles. The van der Waals surface area contributed by atoms with E-state index in [1.54, 1.807) is 12.2 Å². The van der Waals surface area contributed by atoms with Gasteiger partial charge in [0.2, 0.25) is 5.82 Å². The van der Waals surface area contributed by atoms with Crippen molar-refractivity contribution in [2.24, 2.45) is 20.0 Å². The SMILES string of the molecule is Cn1nc(NC2C=CC(C(=O)O)C2)c(=O)n(C)c1=O. The number of carboxylic acid groups (broad SMARTS) is 1. The molecule has 1 aliphatic carbocycles. The Balaban J connectivity index is 2.23. The summed E-state index contributed by atoms with van der Waals surface area (Å²) in [5.41, 5.74) is -1.05. The standard InChI is InChI=1S/C11H14N4O4/c1-14-9(16)8(13-15(2)11(14)19)12-7-4-3-6(5-7)10(17)18/h3-4,6-7H,5H2,1-2H3,(H,12,13)(H,17,18). The van der Waals surface area contributed by atoms with Crippen molar-refractivity contribution in [1.82, 2.24) is 14.3 Å². The second kappa shape index (κ2) is 4.71. The highest BCUT2D eigenvalue weighted by Gasteiger charge is 2.25. The second-order valence-corrected chi connectivity index (χ2v) is 4.44. The second-order valence-electron chi connectivity index (χ2n) is 4.44. The number of anilines is 1. The summed E-state index contributed by atoms with van der Waals surface area (Å²) in [6.45, 7) is 0. The summed E-state index contributed by atoms with van der Waals surface area (Å²) in [6.07, 6.45) is 3.61. The first kappa shape index (κ1) is 13.1. The molecule has 1 heterocycles. The van der Waals surface area contributed by atoms with Crippen molar-refractivity contribution in [2.45, 2.75) is 12.5 Å². The Hall–Kier alpha value is -2.38. The highest BCUT2D eigenvalue weighted by Crippen LogP contribution is 2.19. The van der Waals surface area contributed by atoms with Crippen LogP contribution in [0.3, 0.4) is 0 Å². The van der Waals surface area contributed by atoms with E-state index >= 15 is 0 Å². The van der Waals surface area contributed by atoms with Gasteiger partial charge in [0, 0.05) is 20.1 Å². The molecule has 102 valence electrons. The van der Waals surface area contributed by atoms with E-state index in [1.807, 2.05) is 0 Å². The monoisotopic (exact) mass is 266 g/mol. The molecular formula is C11H14N4O4. The minimum absolute atomic E-state index is 0.0327. The maximum atomic E-state index is 11.8. The minimum Gasteiger partial charge on any atom is -0.481 e. The van der Waals surface area contributed by atoms with E-state index in [2.05, 4.69) is 10.4 Å². The topological polar surface area (TPSA) is 106 Å². The van der Waals surface area contributed by atoms with Gasteiger partial charge in [-0.2, -0.15) is 0 Å². The highest BCUT2D eigenvalue weighted by molar-refractivity contribution is 5.73. The molecule has 0 radical (unpaired) electrons. The summed E-state index contributed by atoms with van der Waals surface area (Å²) in [6, 6.07) is -0.279. The molecule has 2 N–H and O–H groups in total. The number of carbonyl (C=O) groups is 1. The van der Waals surface area contributed by atoms with E-state index in [-0.39, 0.29) is 11.9 Å². The first-order chi connectivity index (χ1) is 8.90. The zero-order chi connectivity index (χ0) is 14.2. The zero-order valence-corrected chi connectivity index (χ0v) is 10.5. The summed E-state index contributed by atoms with van der Waals surface area (Å²) in [7, 11) is 2.81. The number of carboxylic acids is 1. The van der Waals surface area contributed by atoms with Crippen LogP contribution in [0, 0.1) is 5.92 Å². The van der Waals surface area contributed by atoms with Crippen molar-refractivity contribution >= 4 is 11.8 Å². The van der Waals surface area contributed by atoms with Crippen LogP contribution < -0.4 is 16.6 Å². The smallest absolute Gasteiger partial charge is 0.346 e. The molecule has 0 amide bonds. The Morgan fingerprint density at radius 2 is 2.11 bits per heavy atom. The van der Waals surface area contributed by atoms with Gasteiger partial charge in [-0.1, -0.05) is 12.2 Å². The van der Waals surface area contributed by atoms with Gasteiger partial charge < -0.3 is 10.4 Å². The van der Waals surface area contributed by atoms with Crippen molar-refractivity contribution in [3.8, 4) is 0 Å². The van der Waals surface area contributed by atoms with Gasteiger partial charge in [-0.15, -0.1) is 5.10 Å². The minimum atomic E-state index is -0.901. The maximum Gasteiger partial charge on any atom is 0.346 e. The molecule has 0 aromatic carbocycles. The molecule has 0 spiro atoms. The third kappa shape index (κ3) is 2.42. The van der Waals surface area contributed by atoms with Gasteiger partial charge in [0.25, 0.3) is 5.56 Å². The Morgan fingerprint density at radius 1 is 1.42 bits per heavy atom. The number of aromatic nitrogens is 3. The average molecular weight is 266 g/mol. The highest BCUT2D eigenvalue weighted by atomic mass is 16.4. The van der Waals surface area contributed by atoms with Crippen LogP contribution in [0.5, 0.6) is 0 Å². The van der Waals surface area contributed by atoms with E-state index in [0.29, 0.717) is 6.42 Å². The third-order valence-electron chi connectivity index (χ3n) is 3.04. The number of aryl methyl sites for hydroxylation is 1. The van der Waals surface area contributed by atoms with Crippen molar-refractivity contribution in [3.63, 3.8) is 0 Å². The quantitative estimate of drug-likeness (QED) is 0.674. The van der Waals surface area contributed by atoms with E-state index in [1.165, 1.54) is 14.1 Å². The molecule has 0 saturated carbocycles. The lowest BCUT2D eigenvalue weighted by atomic mass is 10.1. The number of hydrogen-bond acceptors (Lipinski definition) is 5. The summed E-state index contributed by atoms with van der Waals surface area (Å²) in [5.74, 6) is -1.43. The zero-order valence-electron chi connectivity index (χ0n) is 10.5. The van der Waals surface area contributed by atoms with Crippen LogP contribution in [-0.4, -0.2) is 31.5 Å². The molecule has 19 heavy (non-hydrogen) atoms. The molecule has 2 atom stereocenters. The molecule has 8 heteroatoms. The van der Waals surface area contributed by atoms with Crippen LogP contribution in [0.25, 0.3) is 0 Å².